The summed E-state index contributed by atoms with van der Waals surface area (Å²) in [5.41, 5.74) is 0.629. The lowest BCUT2D eigenvalue weighted by atomic mass is 10.4. The number of likely N-dealkylation sites (tertiary alicyclic amines) is 1. The number of hydrogen-bond donors (Lipinski definition) is 0. The van der Waals surface area contributed by atoms with Crippen molar-refractivity contribution in [2.24, 2.45) is 0 Å². The molecule has 2 rings (SSSR count). The summed E-state index contributed by atoms with van der Waals surface area (Å²) in [6.07, 6.45) is 2.06. The zero-order valence-corrected chi connectivity index (χ0v) is 9.63. The normalized spacial score (nSPS) is 15.2. The number of carbonyl (C=O) groups excluding carboxylic acids is 1. The van der Waals surface area contributed by atoms with Gasteiger partial charge in [-0.25, -0.2) is 0 Å². The topological polar surface area (TPSA) is 81.3 Å². The molecule has 92 valence electrons. The number of carbonyl (C=O) groups is 1. The Hall–Kier alpha value is -1.92. The van der Waals surface area contributed by atoms with Crippen LogP contribution in [0.15, 0.2) is 6.07 Å². The fourth-order valence-corrected chi connectivity index (χ4v) is 1.94. The van der Waals surface area contributed by atoms with Gasteiger partial charge in [0.15, 0.2) is 0 Å². The standard InChI is InChI=1S/C10H14N4O3/c1-8-6-9(14(16)17)11-13(8)7-10(15)12-4-2-3-5-12/h6H,2-5,7H2,1H3. The minimum Gasteiger partial charge on any atom is -0.358 e. The zero-order chi connectivity index (χ0) is 12.4. The van der Waals surface area contributed by atoms with Crippen molar-refractivity contribution in [3.63, 3.8) is 0 Å². The molecular formula is C10H14N4O3. The van der Waals surface area contributed by atoms with E-state index >= 15 is 0 Å². The van der Waals surface area contributed by atoms with Gasteiger partial charge < -0.3 is 15.0 Å². The van der Waals surface area contributed by atoms with Crippen LogP contribution in [0.25, 0.3) is 0 Å². The minimum absolute atomic E-state index is 0.0244. The predicted octanol–water partition coefficient (Wildman–Crippen LogP) is 0.722. The third-order valence-electron chi connectivity index (χ3n) is 2.90. The molecule has 0 N–H and O–H groups in total. The van der Waals surface area contributed by atoms with Crippen LogP contribution in [-0.4, -0.2) is 38.6 Å². The molecule has 2 heterocycles. The number of nitrogens with zero attached hydrogens (tertiary/aromatic N) is 4. The zero-order valence-electron chi connectivity index (χ0n) is 9.63. The van der Waals surface area contributed by atoms with E-state index in [0.717, 1.165) is 25.9 Å². The van der Waals surface area contributed by atoms with E-state index in [9.17, 15) is 14.9 Å². The first-order chi connectivity index (χ1) is 8.08. The highest BCUT2D eigenvalue weighted by Gasteiger charge is 2.22. The van der Waals surface area contributed by atoms with E-state index in [1.165, 1.54) is 10.7 Å². The lowest BCUT2D eigenvalue weighted by molar-refractivity contribution is -0.389. The maximum absolute atomic E-state index is 11.8. The highest BCUT2D eigenvalue weighted by molar-refractivity contribution is 5.76. The van der Waals surface area contributed by atoms with Gasteiger partial charge in [0, 0.05) is 13.1 Å². The molecule has 7 nitrogen and oxygen atoms in total. The fourth-order valence-electron chi connectivity index (χ4n) is 1.94. The SMILES string of the molecule is Cc1cc([N+](=O)[O-])nn1CC(=O)N1CCCC1. The van der Waals surface area contributed by atoms with Crippen molar-refractivity contribution in [1.29, 1.82) is 0 Å². The lowest BCUT2D eigenvalue weighted by Gasteiger charge is -2.14. The molecule has 1 aromatic heterocycles. The number of hydrogen-bond acceptors (Lipinski definition) is 4. The van der Waals surface area contributed by atoms with Crippen molar-refractivity contribution < 1.29 is 9.72 Å². The van der Waals surface area contributed by atoms with Crippen molar-refractivity contribution in [1.82, 2.24) is 14.7 Å². The van der Waals surface area contributed by atoms with Gasteiger partial charge in [0.25, 0.3) is 0 Å². The summed E-state index contributed by atoms with van der Waals surface area (Å²) in [7, 11) is 0. The van der Waals surface area contributed by atoms with E-state index in [4.69, 9.17) is 0 Å². The van der Waals surface area contributed by atoms with Crippen LogP contribution < -0.4 is 0 Å². The lowest BCUT2D eigenvalue weighted by Crippen LogP contribution is -2.31. The Morgan fingerprint density at radius 2 is 2.18 bits per heavy atom. The summed E-state index contributed by atoms with van der Waals surface area (Å²) < 4.78 is 1.39. The van der Waals surface area contributed by atoms with Gasteiger partial charge in [0.1, 0.15) is 6.54 Å². The van der Waals surface area contributed by atoms with Crippen LogP contribution in [-0.2, 0) is 11.3 Å². The molecule has 0 radical (unpaired) electrons. The Morgan fingerprint density at radius 3 is 2.71 bits per heavy atom. The molecule has 1 amide bonds. The van der Waals surface area contributed by atoms with Crippen molar-refractivity contribution >= 4 is 11.7 Å². The number of nitro groups is 1. The van der Waals surface area contributed by atoms with Crippen LogP contribution in [0.1, 0.15) is 18.5 Å². The molecule has 1 aromatic rings. The third-order valence-corrected chi connectivity index (χ3v) is 2.90. The monoisotopic (exact) mass is 238 g/mol. The molecule has 1 fully saturated rings. The minimum atomic E-state index is -0.552. The van der Waals surface area contributed by atoms with Crippen molar-refractivity contribution in [3.05, 3.63) is 21.9 Å². The highest BCUT2D eigenvalue weighted by atomic mass is 16.6. The summed E-state index contributed by atoms with van der Waals surface area (Å²) in [6.45, 7) is 3.35. The van der Waals surface area contributed by atoms with Crippen LogP contribution in [0.5, 0.6) is 0 Å². The van der Waals surface area contributed by atoms with Gasteiger partial charge in [-0.3, -0.25) is 4.79 Å². The van der Waals surface area contributed by atoms with Crippen molar-refractivity contribution in [2.45, 2.75) is 26.3 Å². The van der Waals surface area contributed by atoms with E-state index in [1.54, 1.807) is 11.8 Å². The van der Waals surface area contributed by atoms with Crippen LogP contribution in [0.3, 0.4) is 0 Å². The van der Waals surface area contributed by atoms with Gasteiger partial charge in [0.05, 0.1) is 16.9 Å². The van der Waals surface area contributed by atoms with Gasteiger partial charge in [-0.1, -0.05) is 0 Å². The maximum atomic E-state index is 11.8. The van der Waals surface area contributed by atoms with Crippen LogP contribution in [0.4, 0.5) is 5.82 Å². The predicted molar refractivity (Wildman–Crippen MR) is 59.4 cm³/mol. The van der Waals surface area contributed by atoms with Gasteiger partial charge >= 0.3 is 5.82 Å². The largest absolute Gasteiger partial charge is 0.390 e. The van der Waals surface area contributed by atoms with Crippen molar-refractivity contribution in [2.75, 3.05) is 13.1 Å². The summed E-state index contributed by atoms with van der Waals surface area (Å²) in [5.74, 6) is -0.236. The maximum Gasteiger partial charge on any atom is 0.390 e. The molecule has 17 heavy (non-hydrogen) atoms. The van der Waals surface area contributed by atoms with E-state index < -0.39 is 4.92 Å². The average molecular weight is 238 g/mol. The molecule has 0 bridgehead atoms. The fraction of sp³-hybridized carbons (Fsp3) is 0.600. The van der Waals surface area contributed by atoms with E-state index in [2.05, 4.69) is 5.10 Å². The second kappa shape index (κ2) is 4.52. The quantitative estimate of drug-likeness (QED) is 0.574. The molecule has 1 aliphatic heterocycles. The molecule has 0 spiro atoms. The molecule has 1 saturated heterocycles. The van der Waals surface area contributed by atoms with E-state index in [-0.39, 0.29) is 18.3 Å². The number of aryl methyl sites for hydroxylation is 1. The first-order valence-corrected chi connectivity index (χ1v) is 5.54. The van der Waals surface area contributed by atoms with Crippen LogP contribution in [0.2, 0.25) is 0 Å². The average Bonchev–Trinajstić information content (AvgIpc) is 2.88. The van der Waals surface area contributed by atoms with Gasteiger partial charge in [-0.2, -0.15) is 4.68 Å². The molecule has 0 unspecified atom stereocenters. The molecule has 0 saturated carbocycles. The Morgan fingerprint density at radius 1 is 1.53 bits per heavy atom. The Balaban J connectivity index is 2.07. The first kappa shape index (κ1) is 11.6. The smallest absolute Gasteiger partial charge is 0.358 e. The molecule has 0 aliphatic carbocycles. The summed E-state index contributed by atoms with van der Waals surface area (Å²) >= 11 is 0. The Kier molecular flexibility index (Phi) is 3.08. The second-order valence-corrected chi connectivity index (χ2v) is 4.15. The molecule has 0 aromatic carbocycles. The van der Waals surface area contributed by atoms with Gasteiger partial charge in [-0.15, -0.1) is 0 Å². The second-order valence-electron chi connectivity index (χ2n) is 4.15. The molecule has 1 aliphatic rings. The summed E-state index contributed by atoms with van der Waals surface area (Å²) in [5, 5.41) is 14.3. The number of rotatable bonds is 3. The molecule has 0 atom stereocenters. The highest BCUT2D eigenvalue weighted by Crippen LogP contribution is 2.13. The summed E-state index contributed by atoms with van der Waals surface area (Å²) in [6, 6.07) is 1.37. The molecule has 7 heteroatoms. The number of aromatic nitrogens is 2. The number of amides is 1. The van der Waals surface area contributed by atoms with E-state index in [1.807, 2.05) is 0 Å². The van der Waals surface area contributed by atoms with E-state index in [0.29, 0.717) is 5.69 Å². The van der Waals surface area contributed by atoms with Gasteiger partial charge in [0.2, 0.25) is 5.91 Å². The van der Waals surface area contributed by atoms with Gasteiger partial charge in [-0.05, 0) is 24.7 Å². The van der Waals surface area contributed by atoms with Crippen LogP contribution >= 0.6 is 0 Å². The Bertz CT molecular complexity index is 448. The third kappa shape index (κ3) is 2.43. The van der Waals surface area contributed by atoms with Crippen molar-refractivity contribution in [3.8, 4) is 0 Å². The first-order valence-electron chi connectivity index (χ1n) is 5.54. The van der Waals surface area contributed by atoms with Crippen LogP contribution in [0, 0.1) is 17.0 Å². The Labute approximate surface area is 98.2 Å². The summed E-state index contributed by atoms with van der Waals surface area (Å²) in [4.78, 5) is 23.6. The molecular weight excluding hydrogens is 224 g/mol.